The average Bonchev–Trinajstić information content (AvgIpc) is 2.99. The Balaban J connectivity index is 1.85. The predicted octanol–water partition coefficient (Wildman–Crippen LogP) is 0.468. The van der Waals surface area contributed by atoms with Gasteiger partial charge in [0.25, 0.3) is 0 Å². The molecule has 0 radical (unpaired) electrons. The molecule has 1 aromatic rings. The van der Waals surface area contributed by atoms with E-state index in [2.05, 4.69) is 4.28 Å². The monoisotopic (exact) mass is 342 g/mol. The molecule has 2 fully saturated rings. The Labute approximate surface area is 132 Å². The van der Waals surface area contributed by atoms with Crippen molar-refractivity contribution in [3.05, 3.63) is 35.9 Å². The maximum absolute atomic E-state index is 12.2. The third-order valence-electron chi connectivity index (χ3n) is 4.07. The highest BCUT2D eigenvalue weighted by Crippen LogP contribution is 2.39. The Kier molecular flexibility index (Phi) is 3.74. The Hall–Kier alpha value is -2.17. The second-order valence-electron chi connectivity index (χ2n) is 5.45. The first-order valence-corrected chi connectivity index (χ1v) is 8.19. The number of amides is 2. The molecule has 2 amide bonds. The molecule has 3 rings (SSSR count). The lowest BCUT2D eigenvalue weighted by Crippen LogP contribution is -2.49. The molecular formula is C13H14N2O7S. The van der Waals surface area contributed by atoms with Gasteiger partial charge in [0, 0.05) is 6.54 Å². The van der Waals surface area contributed by atoms with E-state index < -0.39 is 40.4 Å². The first-order chi connectivity index (χ1) is 10.8. The second kappa shape index (κ2) is 5.48. The number of hydrogen-bond donors (Lipinski definition) is 2. The Morgan fingerprint density at radius 1 is 1.30 bits per heavy atom. The van der Waals surface area contributed by atoms with E-state index in [4.69, 9.17) is 4.55 Å². The summed E-state index contributed by atoms with van der Waals surface area (Å²) in [6, 6.07) is 6.52. The zero-order valence-electron chi connectivity index (χ0n) is 11.8. The molecule has 10 heteroatoms. The standard InChI is InChI=1S/C13H14N2O7S/c16-12(17)11(8-4-2-1-3-5-8)10-6-9-7-14(10)13(18)15(9)22-23(19,20)21/h1-5,9-11H,6-7H2,(H,16,17)(H,19,20,21)/t9-,10?,11?/m0/s1. The molecule has 9 nitrogen and oxygen atoms in total. The maximum Gasteiger partial charge on any atom is 0.418 e. The van der Waals surface area contributed by atoms with Crippen LogP contribution in [0.15, 0.2) is 30.3 Å². The zero-order valence-corrected chi connectivity index (χ0v) is 12.6. The summed E-state index contributed by atoms with van der Waals surface area (Å²) in [6.45, 7) is 0.148. The molecular weight excluding hydrogens is 328 g/mol. The summed E-state index contributed by atoms with van der Waals surface area (Å²) in [4.78, 5) is 25.1. The fraction of sp³-hybridized carbons (Fsp3) is 0.385. The number of carbonyl (C=O) groups is 2. The van der Waals surface area contributed by atoms with Crippen LogP contribution in [0, 0.1) is 0 Å². The number of hydrogen-bond acceptors (Lipinski definition) is 5. The SMILES string of the molecule is O=C(O)C(c1ccccc1)C1C[C@H]2CN1C(=O)N2OS(=O)(=O)O. The second-order valence-corrected chi connectivity index (χ2v) is 6.45. The van der Waals surface area contributed by atoms with Crippen molar-refractivity contribution in [3.63, 3.8) is 0 Å². The lowest BCUT2D eigenvalue weighted by atomic mass is 9.89. The fourth-order valence-corrected chi connectivity index (χ4v) is 3.60. The van der Waals surface area contributed by atoms with E-state index in [-0.39, 0.29) is 13.0 Å². The summed E-state index contributed by atoms with van der Waals surface area (Å²) in [6.07, 6.45) is 0.229. The molecule has 0 saturated carbocycles. The van der Waals surface area contributed by atoms with Crippen LogP contribution in [0.3, 0.4) is 0 Å². The van der Waals surface area contributed by atoms with Crippen molar-refractivity contribution in [2.24, 2.45) is 0 Å². The first kappa shape index (κ1) is 15.7. The highest BCUT2D eigenvalue weighted by molar-refractivity contribution is 7.80. The van der Waals surface area contributed by atoms with Gasteiger partial charge in [0.1, 0.15) is 5.92 Å². The zero-order chi connectivity index (χ0) is 16.8. The molecule has 2 bridgehead atoms. The van der Waals surface area contributed by atoms with Gasteiger partial charge in [0.15, 0.2) is 0 Å². The summed E-state index contributed by atoms with van der Waals surface area (Å²) in [5, 5.41) is 10.1. The molecule has 0 spiro atoms. The Morgan fingerprint density at radius 2 is 1.96 bits per heavy atom. The van der Waals surface area contributed by atoms with Gasteiger partial charge in [-0.3, -0.25) is 9.35 Å². The highest BCUT2D eigenvalue weighted by atomic mass is 32.3. The number of carboxylic acids is 1. The van der Waals surface area contributed by atoms with Crippen molar-refractivity contribution >= 4 is 22.4 Å². The molecule has 0 aliphatic carbocycles. The van der Waals surface area contributed by atoms with Crippen molar-refractivity contribution in [2.75, 3.05) is 6.54 Å². The van der Waals surface area contributed by atoms with E-state index in [1.807, 2.05) is 0 Å². The van der Waals surface area contributed by atoms with Crippen LogP contribution in [0.25, 0.3) is 0 Å². The topological polar surface area (TPSA) is 124 Å². The van der Waals surface area contributed by atoms with E-state index in [9.17, 15) is 23.1 Å². The minimum absolute atomic E-state index is 0.148. The Morgan fingerprint density at radius 3 is 2.48 bits per heavy atom. The van der Waals surface area contributed by atoms with Gasteiger partial charge in [0.05, 0.1) is 12.1 Å². The summed E-state index contributed by atoms with van der Waals surface area (Å²) in [7, 11) is -4.81. The van der Waals surface area contributed by atoms with E-state index in [1.54, 1.807) is 30.3 Å². The van der Waals surface area contributed by atoms with Crippen LogP contribution in [-0.2, 0) is 19.5 Å². The maximum atomic E-state index is 12.2. The first-order valence-electron chi connectivity index (χ1n) is 6.82. The smallest absolute Gasteiger partial charge is 0.418 e. The average molecular weight is 342 g/mol. The Bertz CT molecular complexity index is 736. The number of carbonyl (C=O) groups excluding carboxylic acids is 1. The summed E-state index contributed by atoms with van der Waals surface area (Å²) < 4.78 is 34.5. The molecule has 2 aliphatic rings. The molecule has 0 aromatic heterocycles. The lowest BCUT2D eigenvalue weighted by molar-refractivity contribution is -0.140. The summed E-state index contributed by atoms with van der Waals surface area (Å²) in [5.74, 6) is -1.98. The number of urea groups is 1. The van der Waals surface area contributed by atoms with Gasteiger partial charge in [0.2, 0.25) is 0 Å². The van der Waals surface area contributed by atoms with Crippen molar-refractivity contribution in [2.45, 2.75) is 24.4 Å². The quantitative estimate of drug-likeness (QED) is 0.745. The molecule has 3 atom stereocenters. The van der Waals surface area contributed by atoms with E-state index in [0.29, 0.717) is 10.6 Å². The number of aliphatic carboxylic acids is 1. The number of fused-ring (bicyclic) bond motifs is 2. The minimum atomic E-state index is -4.81. The summed E-state index contributed by atoms with van der Waals surface area (Å²) >= 11 is 0. The molecule has 124 valence electrons. The molecule has 23 heavy (non-hydrogen) atoms. The number of rotatable bonds is 5. The predicted molar refractivity (Wildman–Crippen MR) is 75.6 cm³/mol. The lowest BCUT2D eigenvalue weighted by Gasteiger charge is -2.33. The van der Waals surface area contributed by atoms with E-state index in [0.717, 1.165) is 0 Å². The van der Waals surface area contributed by atoms with E-state index >= 15 is 0 Å². The van der Waals surface area contributed by atoms with Gasteiger partial charge in [-0.15, -0.1) is 4.28 Å². The number of hydroxylamine groups is 2. The van der Waals surface area contributed by atoms with Crippen LogP contribution in [0.4, 0.5) is 4.79 Å². The number of carboxylic acid groups (broad SMARTS) is 1. The highest BCUT2D eigenvalue weighted by Gasteiger charge is 2.54. The molecule has 2 unspecified atom stereocenters. The number of nitrogens with zero attached hydrogens (tertiary/aromatic N) is 2. The molecule has 2 heterocycles. The van der Waals surface area contributed by atoms with Crippen LogP contribution >= 0.6 is 0 Å². The third kappa shape index (κ3) is 2.87. The summed E-state index contributed by atoms with van der Waals surface area (Å²) in [5.41, 5.74) is 0.563. The van der Waals surface area contributed by atoms with Gasteiger partial charge in [-0.2, -0.15) is 13.5 Å². The van der Waals surface area contributed by atoms with Crippen molar-refractivity contribution in [1.82, 2.24) is 9.96 Å². The van der Waals surface area contributed by atoms with Gasteiger partial charge in [-0.25, -0.2) is 4.79 Å². The van der Waals surface area contributed by atoms with Crippen LogP contribution in [0.2, 0.25) is 0 Å². The van der Waals surface area contributed by atoms with Crippen LogP contribution in [0.1, 0.15) is 17.9 Å². The van der Waals surface area contributed by atoms with Crippen LogP contribution in [0.5, 0.6) is 0 Å². The fourth-order valence-electron chi connectivity index (χ4n) is 3.22. The van der Waals surface area contributed by atoms with Gasteiger partial charge in [-0.05, 0) is 12.0 Å². The molecule has 2 aliphatic heterocycles. The van der Waals surface area contributed by atoms with Crippen molar-refractivity contribution in [1.29, 1.82) is 0 Å². The largest absolute Gasteiger partial charge is 0.481 e. The van der Waals surface area contributed by atoms with Gasteiger partial charge < -0.3 is 10.0 Å². The third-order valence-corrected chi connectivity index (χ3v) is 4.42. The van der Waals surface area contributed by atoms with Gasteiger partial charge in [-0.1, -0.05) is 30.3 Å². The number of benzene rings is 1. The minimum Gasteiger partial charge on any atom is -0.481 e. The van der Waals surface area contributed by atoms with Crippen molar-refractivity contribution < 1.29 is 31.9 Å². The van der Waals surface area contributed by atoms with Crippen LogP contribution < -0.4 is 0 Å². The molecule has 2 saturated heterocycles. The van der Waals surface area contributed by atoms with Crippen LogP contribution in [-0.4, -0.2) is 58.7 Å². The molecule has 2 N–H and O–H groups in total. The molecule has 1 aromatic carbocycles. The normalized spacial score (nSPS) is 25.0. The van der Waals surface area contributed by atoms with E-state index in [1.165, 1.54) is 4.90 Å². The van der Waals surface area contributed by atoms with Gasteiger partial charge >= 0.3 is 22.4 Å². The van der Waals surface area contributed by atoms with Crippen molar-refractivity contribution in [3.8, 4) is 0 Å².